The molecule has 2 nitrogen and oxygen atoms in total. The van der Waals surface area contributed by atoms with Gasteiger partial charge in [0.05, 0.1) is 21.7 Å². The van der Waals surface area contributed by atoms with Crippen LogP contribution < -0.4 is 15.2 Å². The SMILES string of the molecule is c1ccc2c(c1)SC(=c1c3cccc4c3c(=C3Sc5ccccc5S3)c3c(cccc13)OCCOC4)S2. The summed E-state index contributed by atoms with van der Waals surface area (Å²) in [5.41, 5.74) is 1.24. The van der Waals surface area contributed by atoms with Gasteiger partial charge in [-0.25, -0.2) is 0 Å². The normalized spacial score (nSPS) is 16.4. The molecule has 8 rings (SSSR count). The fourth-order valence-corrected chi connectivity index (χ4v) is 10.5. The molecule has 0 radical (unpaired) electrons. The summed E-state index contributed by atoms with van der Waals surface area (Å²) in [5, 5.41) is 7.63. The van der Waals surface area contributed by atoms with Gasteiger partial charge in [-0.05, 0) is 52.1 Å². The predicted octanol–water partition coefficient (Wildman–Crippen LogP) is 7.83. The minimum atomic E-state index is 0.537. The van der Waals surface area contributed by atoms with E-state index in [1.807, 2.05) is 47.0 Å². The number of fused-ring (bicyclic) bond motifs is 2. The third-order valence-corrected chi connectivity index (χ3v) is 12.0. The van der Waals surface area contributed by atoms with Gasteiger partial charge in [0.25, 0.3) is 0 Å². The molecule has 3 aliphatic rings. The average molecular weight is 553 g/mol. The third kappa shape index (κ3) is 3.65. The van der Waals surface area contributed by atoms with Crippen molar-refractivity contribution in [3.05, 3.63) is 101 Å². The van der Waals surface area contributed by atoms with E-state index in [1.165, 1.54) is 65.6 Å². The molecule has 2 bridgehead atoms. The maximum atomic E-state index is 6.41. The highest BCUT2D eigenvalue weighted by molar-refractivity contribution is 8.32. The highest BCUT2D eigenvalue weighted by Gasteiger charge is 2.25. The smallest absolute Gasteiger partial charge is 0.127 e. The largest absolute Gasteiger partial charge is 0.491 e. The van der Waals surface area contributed by atoms with Crippen LogP contribution in [0.3, 0.4) is 0 Å². The van der Waals surface area contributed by atoms with Crippen LogP contribution in [0.15, 0.2) is 105 Å². The van der Waals surface area contributed by atoms with E-state index in [9.17, 15) is 0 Å². The van der Waals surface area contributed by atoms with Crippen molar-refractivity contribution in [1.29, 1.82) is 0 Å². The van der Waals surface area contributed by atoms with Gasteiger partial charge in [0, 0.05) is 35.4 Å². The molecule has 5 aromatic carbocycles. The standard InChI is InChI=1S/C31H20O2S4/c1-2-12-23-22(11-1)34-30(35-23)27-19-8-5-7-18-17-32-15-16-33-21-10-6-9-20(27)28(21)29(26(18)19)31-36-24-13-3-4-14-25(24)37-31/h1-14H,15-17H2. The van der Waals surface area contributed by atoms with E-state index in [2.05, 4.69) is 84.9 Å². The first kappa shape index (κ1) is 22.5. The van der Waals surface area contributed by atoms with Crippen molar-refractivity contribution in [2.75, 3.05) is 13.2 Å². The van der Waals surface area contributed by atoms with Crippen LogP contribution in [0, 0.1) is 0 Å². The van der Waals surface area contributed by atoms with Crippen LogP contribution in [-0.2, 0) is 11.3 Å². The molecular formula is C31H20O2S4. The Morgan fingerprint density at radius 3 is 1.73 bits per heavy atom. The van der Waals surface area contributed by atoms with Gasteiger partial charge in [-0.15, -0.1) is 0 Å². The van der Waals surface area contributed by atoms with Crippen molar-refractivity contribution in [3.63, 3.8) is 0 Å². The number of rotatable bonds is 0. The zero-order valence-corrected chi connectivity index (χ0v) is 22.9. The number of hydrogen-bond donors (Lipinski definition) is 0. The molecule has 0 amide bonds. The van der Waals surface area contributed by atoms with Gasteiger partial charge in [-0.3, -0.25) is 0 Å². The van der Waals surface area contributed by atoms with E-state index in [-0.39, 0.29) is 0 Å². The van der Waals surface area contributed by atoms with E-state index in [0.717, 1.165) is 5.75 Å². The zero-order valence-electron chi connectivity index (χ0n) is 19.7. The van der Waals surface area contributed by atoms with Crippen LogP contribution >= 0.6 is 47.0 Å². The fraction of sp³-hybridized carbons (Fsp3) is 0.0968. The van der Waals surface area contributed by atoms with Crippen LogP contribution in [0.4, 0.5) is 0 Å². The lowest BCUT2D eigenvalue weighted by Crippen LogP contribution is -2.21. The second-order valence-electron chi connectivity index (χ2n) is 9.05. The monoisotopic (exact) mass is 552 g/mol. The predicted molar refractivity (Wildman–Crippen MR) is 159 cm³/mol. The molecule has 0 fully saturated rings. The summed E-state index contributed by atoms with van der Waals surface area (Å²) in [6, 6.07) is 30.7. The quantitative estimate of drug-likeness (QED) is 0.181. The molecule has 0 atom stereocenters. The van der Waals surface area contributed by atoms with Crippen molar-refractivity contribution in [2.45, 2.75) is 26.2 Å². The Morgan fingerprint density at radius 1 is 0.514 bits per heavy atom. The Bertz CT molecular complexity index is 1750. The van der Waals surface area contributed by atoms with Crippen LogP contribution in [0.1, 0.15) is 5.56 Å². The number of benzene rings is 5. The molecule has 0 unspecified atom stereocenters. The summed E-state index contributed by atoms with van der Waals surface area (Å²) >= 11 is 7.52. The Morgan fingerprint density at radius 2 is 1.08 bits per heavy atom. The van der Waals surface area contributed by atoms with E-state index in [4.69, 9.17) is 9.47 Å². The lowest BCUT2D eigenvalue weighted by Gasteiger charge is -2.19. The summed E-state index contributed by atoms with van der Waals surface area (Å²) in [6.07, 6.45) is 0. The molecule has 0 aromatic heterocycles. The van der Waals surface area contributed by atoms with Crippen molar-refractivity contribution < 1.29 is 9.47 Å². The highest BCUT2D eigenvalue weighted by atomic mass is 32.2. The van der Waals surface area contributed by atoms with E-state index in [0.29, 0.717) is 19.8 Å². The lowest BCUT2D eigenvalue weighted by molar-refractivity contribution is 0.0898. The van der Waals surface area contributed by atoms with Crippen LogP contribution in [0.25, 0.3) is 30.0 Å². The zero-order chi connectivity index (χ0) is 24.3. The molecule has 3 aliphatic heterocycles. The second-order valence-corrected chi connectivity index (χ2v) is 13.8. The van der Waals surface area contributed by atoms with Gasteiger partial charge in [0.15, 0.2) is 0 Å². The molecule has 0 N–H and O–H groups in total. The Balaban J connectivity index is 1.59. The van der Waals surface area contributed by atoms with Gasteiger partial charge in [0.1, 0.15) is 12.4 Å². The van der Waals surface area contributed by atoms with Crippen molar-refractivity contribution in [2.24, 2.45) is 0 Å². The summed E-state index contributed by atoms with van der Waals surface area (Å²) in [6.45, 7) is 1.69. The van der Waals surface area contributed by atoms with Gasteiger partial charge in [-0.1, -0.05) is 102 Å². The topological polar surface area (TPSA) is 18.5 Å². The van der Waals surface area contributed by atoms with Gasteiger partial charge < -0.3 is 9.47 Å². The minimum Gasteiger partial charge on any atom is -0.491 e. The number of hydrogen-bond acceptors (Lipinski definition) is 6. The van der Waals surface area contributed by atoms with E-state index < -0.39 is 0 Å². The molecular weight excluding hydrogens is 533 g/mol. The first-order valence-electron chi connectivity index (χ1n) is 12.2. The Kier molecular flexibility index (Phi) is 5.51. The summed E-state index contributed by atoms with van der Waals surface area (Å²) in [4.78, 5) is 5.29. The molecule has 6 heteroatoms. The van der Waals surface area contributed by atoms with Crippen molar-refractivity contribution in [3.8, 4) is 5.75 Å². The first-order chi connectivity index (χ1) is 18.3. The Hall–Kier alpha value is -2.48. The van der Waals surface area contributed by atoms with Crippen LogP contribution in [0.5, 0.6) is 5.75 Å². The first-order valence-corrected chi connectivity index (χ1v) is 15.5. The third-order valence-electron chi connectivity index (χ3n) is 6.88. The van der Waals surface area contributed by atoms with Crippen LogP contribution in [-0.4, -0.2) is 13.2 Å². The van der Waals surface area contributed by atoms with Crippen LogP contribution in [0.2, 0.25) is 0 Å². The van der Waals surface area contributed by atoms with Gasteiger partial charge in [0.2, 0.25) is 0 Å². The molecule has 5 aromatic rings. The second kappa shape index (κ2) is 9.07. The highest BCUT2D eigenvalue weighted by Crippen LogP contribution is 2.53. The van der Waals surface area contributed by atoms with E-state index in [1.54, 1.807) is 0 Å². The van der Waals surface area contributed by atoms with Crippen molar-refractivity contribution in [1.82, 2.24) is 0 Å². The molecule has 3 heterocycles. The average Bonchev–Trinajstić information content (AvgIpc) is 3.56. The lowest BCUT2D eigenvalue weighted by atomic mass is 9.95. The minimum absolute atomic E-state index is 0.537. The molecule has 0 spiro atoms. The summed E-state index contributed by atoms with van der Waals surface area (Å²) in [5.74, 6) is 0.937. The summed E-state index contributed by atoms with van der Waals surface area (Å²) < 4.78 is 15.2. The number of ether oxygens (including phenoxy) is 2. The molecule has 37 heavy (non-hydrogen) atoms. The Labute approximate surface area is 231 Å². The van der Waals surface area contributed by atoms with E-state index >= 15 is 0 Å². The maximum absolute atomic E-state index is 6.41. The van der Waals surface area contributed by atoms with Gasteiger partial charge in [-0.2, -0.15) is 0 Å². The molecule has 0 saturated heterocycles. The maximum Gasteiger partial charge on any atom is 0.127 e. The van der Waals surface area contributed by atoms with Gasteiger partial charge >= 0.3 is 0 Å². The molecule has 0 aliphatic carbocycles. The molecule has 0 saturated carbocycles. The molecule has 180 valence electrons. The number of thioether (sulfide) groups is 4. The summed E-state index contributed by atoms with van der Waals surface area (Å²) in [7, 11) is 0. The fourth-order valence-electron chi connectivity index (χ4n) is 5.31. The van der Waals surface area contributed by atoms with Crippen molar-refractivity contribution >= 4 is 77.1 Å².